The van der Waals surface area contributed by atoms with E-state index in [2.05, 4.69) is 47.7 Å². The summed E-state index contributed by atoms with van der Waals surface area (Å²) in [6.45, 7) is 3.70. The van der Waals surface area contributed by atoms with Crippen LogP contribution in [-0.4, -0.2) is 53.1 Å². The number of fused-ring (bicyclic) bond motifs is 1. The molecule has 134 valence electrons. The van der Waals surface area contributed by atoms with E-state index < -0.39 is 0 Å². The minimum Gasteiger partial charge on any atom is -0.435 e. The molecule has 3 aromatic rings. The Morgan fingerprint density at radius 1 is 1.08 bits per heavy atom. The maximum atomic E-state index is 6.34. The number of aromatic nitrogens is 3. The van der Waals surface area contributed by atoms with Crippen LogP contribution in [0.15, 0.2) is 41.3 Å². The molecule has 26 heavy (non-hydrogen) atoms. The topological polar surface area (TPSA) is 80.4 Å². The minimum atomic E-state index is 0.350. The van der Waals surface area contributed by atoms with Gasteiger partial charge in [-0.1, -0.05) is 22.0 Å². The van der Waals surface area contributed by atoms with Crippen LogP contribution < -0.4 is 15.4 Å². The molecule has 1 fully saturated rings. The summed E-state index contributed by atoms with van der Waals surface area (Å²) in [5.41, 5.74) is 7.53. The fourth-order valence-electron chi connectivity index (χ4n) is 3.02. The van der Waals surface area contributed by atoms with E-state index in [-0.39, 0.29) is 0 Å². The van der Waals surface area contributed by atoms with E-state index in [0.29, 0.717) is 17.3 Å². The van der Waals surface area contributed by atoms with Gasteiger partial charge in [0.15, 0.2) is 11.6 Å². The number of likely N-dealkylation sites (N-methyl/N-ethyl adjacent to an activating group) is 1. The van der Waals surface area contributed by atoms with Gasteiger partial charge in [0.05, 0.1) is 0 Å². The molecule has 2 N–H and O–H groups in total. The van der Waals surface area contributed by atoms with Gasteiger partial charge in [0.2, 0.25) is 5.88 Å². The Hall–Kier alpha value is -2.45. The van der Waals surface area contributed by atoms with Gasteiger partial charge >= 0.3 is 0 Å². The predicted molar refractivity (Wildman–Crippen MR) is 106 cm³/mol. The van der Waals surface area contributed by atoms with Crippen LogP contribution in [-0.2, 0) is 0 Å². The molecule has 3 heterocycles. The molecule has 1 aromatic carbocycles. The standard InChI is InChI=1S/C18H19BrN6O/c1-24-7-9-25(10-8-24)17-15(20)18(23-11-22-17)26-14-5-4-13(19)12-3-2-6-21-16(12)14/h2-6,11H,7-10,20H2,1H3. The lowest BCUT2D eigenvalue weighted by atomic mass is 10.2. The first-order chi connectivity index (χ1) is 12.6. The van der Waals surface area contributed by atoms with E-state index in [4.69, 9.17) is 10.5 Å². The summed E-state index contributed by atoms with van der Waals surface area (Å²) >= 11 is 3.54. The van der Waals surface area contributed by atoms with E-state index in [1.54, 1.807) is 6.20 Å². The number of hydrogen-bond acceptors (Lipinski definition) is 7. The second-order valence-corrected chi connectivity index (χ2v) is 7.11. The summed E-state index contributed by atoms with van der Waals surface area (Å²) in [6, 6.07) is 7.66. The Kier molecular flexibility index (Phi) is 4.60. The number of halogens is 1. The normalized spacial score (nSPS) is 15.4. The fraction of sp³-hybridized carbons (Fsp3) is 0.278. The number of hydrogen-bond donors (Lipinski definition) is 1. The SMILES string of the molecule is CN1CCN(c2ncnc(Oc3ccc(Br)c4cccnc34)c2N)CC1. The molecule has 1 aliphatic rings. The number of rotatable bonds is 3. The highest BCUT2D eigenvalue weighted by atomic mass is 79.9. The van der Waals surface area contributed by atoms with Gasteiger partial charge in [0, 0.05) is 42.2 Å². The number of pyridine rings is 1. The number of anilines is 2. The van der Waals surface area contributed by atoms with E-state index in [1.807, 2.05) is 24.3 Å². The highest BCUT2D eigenvalue weighted by Crippen LogP contribution is 2.36. The molecule has 0 amide bonds. The largest absolute Gasteiger partial charge is 0.435 e. The van der Waals surface area contributed by atoms with Crippen molar-refractivity contribution < 1.29 is 4.74 Å². The third kappa shape index (κ3) is 3.17. The van der Waals surface area contributed by atoms with Crippen LogP contribution in [0.3, 0.4) is 0 Å². The van der Waals surface area contributed by atoms with Gasteiger partial charge in [-0.15, -0.1) is 0 Å². The highest BCUT2D eigenvalue weighted by Gasteiger charge is 2.21. The molecular formula is C18H19BrN6O. The summed E-state index contributed by atoms with van der Waals surface area (Å²) < 4.78 is 6.99. The van der Waals surface area contributed by atoms with Crippen molar-refractivity contribution in [3.63, 3.8) is 0 Å². The first-order valence-electron chi connectivity index (χ1n) is 8.38. The molecule has 4 rings (SSSR count). The van der Waals surface area contributed by atoms with Gasteiger partial charge in [0.1, 0.15) is 17.5 Å². The van der Waals surface area contributed by atoms with Crippen molar-refractivity contribution in [2.45, 2.75) is 0 Å². The van der Waals surface area contributed by atoms with Crippen molar-refractivity contribution in [3.05, 3.63) is 41.3 Å². The van der Waals surface area contributed by atoms with Crippen molar-refractivity contribution in [3.8, 4) is 11.6 Å². The van der Waals surface area contributed by atoms with Crippen molar-refractivity contribution in [1.82, 2.24) is 19.9 Å². The molecular weight excluding hydrogens is 396 g/mol. The summed E-state index contributed by atoms with van der Waals surface area (Å²) in [5, 5.41) is 0.969. The zero-order valence-electron chi connectivity index (χ0n) is 14.4. The number of nitrogen functional groups attached to an aromatic ring is 1. The number of benzene rings is 1. The Bertz CT molecular complexity index is 942. The van der Waals surface area contributed by atoms with E-state index >= 15 is 0 Å². The lowest BCUT2D eigenvalue weighted by Crippen LogP contribution is -2.45. The van der Waals surface area contributed by atoms with Crippen molar-refractivity contribution in [1.29, 1.82) is 0 Å². The Balaban J connectivity index is 1.68. The van der Waals surface area contributed by atoms with Crippen molar-refractivity contribution in [2.75, 3.05) is 43.9 Å². The Morgan fingerprint density at radius 2 is 1.88 bits per heavy atom. The Morgan fingerprint density at radius 3 is 2.69 bits per heavy atom. The molecule has 0 atom stereocenters. The van der Waals surface area contributed by atoms with Crippen LogP contribution in [0, 0.1) is 0 Å². The van der Waals surface area contributed by atoms with Gasteiger partial charge < -0.3 is 20.3 Å². The van der Waals surface area contributed by atoms with Gasteiger partial charge in [0.25, 0.3) is 0 Å². The third-order valence-electron chi connectivity index (χ3n) is 4.52. The van der Waals surface area contributed by atoms with E-state index in [1.165, 1.54) is 6.33 Å². The number of nitrogens with zero attached hydrogens (tertiary/aromatic N) is 5. The quantitative estimate of drug-likeness (QED) is 0.705. The first-order valence-corrected chi connectivity index (χ1v) is 9.18. The molecule has 7 nitrogen and oxygen atoms in total. The molecule has 0 unspecified atom stereocenters. The highest BCUT2D eigenvalue weighted by molar-refractivity contribution is 9.10. The fourth-order valence-corrected chi connectivity index (χ4v) is 3.47. The Labute approximate surface area is 159 Å². The molecule has 0 saturated carbocycles. The zero-order valence-corrected chi connectivity index (χ0v) is 16.0. The van der Waals surface area contributed by atoms with Crippen molar-refractivity contribution >= 4 is 38.3 Å². The van der Waals surface area contributed by atoms with Gasteiger partial charge in [-0.05, 0) is 25.2 Å². The molecule has 8 heteroatoms. The average molecular weight is 415 g/mol. The van der Waals surface area contributed by atoms with Crippen LogP contribution >= 0.6 is 15.9 Å². The maximum absolute atomic E-state index is 6.34. The molecule has 0 radical (unpaired) electrons. The third-order valence-corrected chi connectivity index (χ3v) is 5.21. The van der Waals surface area contributed by atoms with Crippen LogP contribution in [0.5, 0.6) is 11.6 Å². The molecule has 0 aliphatic carbocycles. The second-order valence-electron chi connectivity index (χ2n) is 6.25. The summed E-state index contributed by atoms with van der Waals surface area (Å²) in [7, 11) is 2.11. The summed E-state index contributed by atoms with van der Waals surface area (Å²) in [6.07, 6.45) is 3.23. The minimum absolute atomic E-state index is 0.350. The molecule has 1 saturated heterocycles. The lowest BCUT2D eigenvalue weighted by molar-refractivity contribution is 0.312. The van der Waals surface area contributed by atoms with Gasteiger partial charge in [-0.2, -0.15) is 4.98 Å². The van der Waals surface area contributed by atoms with E-state index in [0.717, 1.165) is 47.4 Å². The summed E-state index contributed by atoms with van der Waals surface area (Å²) in [5.74, 6) is 1.68. The monoisotopic (exact) mass is 414 g/mol. The summed E-state index contributed by atoms with van der Waals surface area (Å²) in [4.78, 5) is 17.5. The second kappa shape index (κ2) is 7.05. The van der Waals surface area contributed by atoms with Crippen LogP contribution in [0.1, 0.15) is 0 Å². The van der Waals surface area contributed by atoms with Gasteiger partial charge in [-0.25, -0.2) is 4.98 Å². The van der Waals surface area contributed by atoms with Crippen molar-refractivity contribution in [2.24, 2.45) is 0 Å². The number of nitrogens with two attached hydrogens (primary N) is 1. The van der Waals surface area contributed by atoms with Crippen LogP contribution in [0.4, 0.5) is 11.5 Å². The van der Waals surface area contributed by atoms with Crippen LogP contribution in [0.2, 0.25) is 0 Å². The zero-order chi connectivity index (χ0) is 18.1. The first kappa shape index (κ1) is 17.0. The predicted octanol–water partition coefficient (Wildman–Crippen LogP) is 2.91. The maximum Gasteiger partial charge on any atom is 0.248 e. The smallest absolute Gasteiger partial charge is 0.248 e. The molecule has 0 spiro atoms. The molecule has 0 bridgehead atoms. The average Bonchev–Trinajstić information content (AvgIpc) is 2.67. The van der Waals surface area contributed by atoms with E-state index in [9.17, 15) is 0 Å². The number of piperazine rings is 1. The lowest BCUT2D eigenvalue weighted by Gasteiger charge is -2.33. The number of ether oxygens (including phenoxy) is 1. The van der Waals surface area contributed by atoms with Crippen LogP contribution in [0.25, 0.3) is 10.9 Å². The molecule has 2 aromatic heterocycles. The van der Waals surface area contributed by atoms with Gasteiger partial charge in [-0.3, -0.25) is 4.98 Å². The molecule has 1 aliphatic heterocycles.